The molecule has 0 unspecified atom stereocenters. The summed E-state index contributed by atoms with van der Waals surface area (Å²) >= 11 is 3.10. The number of amides is 2. The lowest BCUT2D eigenvalue weighted by Gasteiger charge is -2.32. The van der Waals surface area contributed by atoms with Gasteiger partial charge in [0, 0.05) is 4.88 Å². The van der Waals surface area contributed by atoms with Gasteiger partial charge in [-0.3, -0.25) is 19.7 Å². The molecular formula is C21H22N2O4S2. The van der Waals surface area contributed by atoms with E-state index in [9.17, 15) is 14.4 Å². The molecule has 3 heterocycles. The van der Waals surface area contributed by atoms with E-state index in [1.807, 2.05) is 29.8 Å². The molecule has 6 nitrogen and oxygen atoms in total. The van der Waals surface area contributed by atoms with Crippen LogP contribution in [-0.4, -0.2) is 42.4 Å². The predicted molar refractivity (Wildman–Crippen MR) is 114 cm³/mol. The highest BCUT2D eigenvalue weighted by atomic mass is 32.2. The fourth-order valence-corrected chi connectivity index (χ4v) is 5.86. The van der Waals surface area contributed by atoms with Gasteiger partial charge in [-0.2, -0.15) is 11.8 Å². The first kappa shape index (κ1) is 20.1. The van der Waals surface area contributed by atoms with Gasteiger partial charge in [0.15, 0.2) is 0 Å². The molecule has 0 saturated carbocycles. The van der Waals surface area contributed by atoms with Crippen molar-refractivity contribution in [3.05, 3.63) is 52.7 Å². The highest BCUT2D eigenvalue weighted by Gasteiger charge is 2.68. The number of hydrogen-bond acceptors (Lipinski definition) is 7. The van der Waals surface area contributed by atoms with Crippen molar-refractivity contribution in [2.24, 2.45) is 11.8 Å². The predicted octanol–water partition coefficient (Wildman–Crippen LogP) is 2.86. The zero-order chi connectivity index (χ0) is 20.6. The van der Waals surface area contributed by atoms with Gasteiger partial charge in [-0.15, -0.1) is 11.3 Å². The van der Waals surface area contributed by atoms with Crippen molar-refractivity contribution in [1.29, 1.82) is 0 Å². The first-order valence-corrected chi connectivity index (χ1v) is 11.6. The van der Waals surface area contributed by atoms with Crippen molar-refractivity contribution in [2.75, 3.05) is 24.0 Å². The minimum Gasteiger partial charge on any atom is -0.468 e. The highest BCUT2D eigenvalue weighted by molar-refractivity contribution is 7.98. The van der Waals surface area contributed by atoms with Crippen LogP contribution in [0.2, 0.25) is 0 Å². The monoisotopic (exact) mass is 430 g/mol. The number of fused-ring (bicyclic) bond motifs is 1. The number of methoxy groups -OCH3 is 1. The number of para-hydroxylation sites is 1. The summed E-state index contributed by atoms with van der Waals surface area (Å²) in [6.45, 7) is 0. The topological polar surface area (TPSA) is 75.7 Å². The van der Waals surface area contributed by atoms with Crippen LogP contribution >= 0.6 is 23.1 Å². The van der Waals surface area contributed by atoms with Crippen LogP contribution < -0.4 is 10.2 Å². The molecule has 2 aliphatic heterocycles. The van der Waals surface area contributed by atoms with Crippen molar-refractivity contribution in [2.45, 2.75) is 18.0 Å². The van der Waals surface area contributed by atoms with Crippen LogP contribution in [0.25, 0.3) is 0 Å². The second-order valence-corrected chi connectivity index (χ2v) is 9.16. The third-order valence-corrected chi connectivity index (χ3v) is 7.34. The summed E-state index contributed by atoms with van der Waals surface area (Å²) in [5.74, 6) is -1.90. The number of esters is 1. The van der Waals surface area contributed by atoms with Gasteiger partial charge in [-0.05, 0) is 42.0 Å². The van der Waals surface area contributed by atoms with Crippen LogP contribution in [0, 0.1) is 11.8 Å². The van der Waals surface area contributed by atoms with Crippen LogP contribution in [0.3, 0.4) is 0 Å². The summed E-state index contributed by atoms with van der Waals surface area (Å²) < 4.78 is 5.14. The van der Waals surface area contributed by atoms with E-state index in [-0.39, 0.29) is 11.8 Å². The van der Waals surface area contributed by atoms with Gasteiger partial charge in [-0.25, -0.2) is 4.90 Å². The van der Waals surface area contributed by atoms with E-state index < -0.39 is 29.4 Å². The molecule has 0 radical (unpaired) electrons. The maximum absolute atomic E-state index is 13.6. The molecular weight excluding hydrogens is 408 g/mol. The molecule has 1 N–H and O–H groups in total. The number of nitrogens with one attached hydrogen (secondary N) is 1. The summed E-state index contributed by atoms with van der Waals surface area (Å²) in [6.07, 6.45) is 2.36. The molecule has 2 aromatic rings. The zero-order valence-corrected chi connectivity index (χ0v) is 17.8. The fourth-order valence-electron chi connectivity index (χ4n) is 4.51. The van der Waals surface area contributed by atoms with Crippen molar-refractivity contribution in [1.82, 2.24) is 5.32 Å². The third-order valence-electron chi connectivity index (χ3n) is 5.77. The van der Waals surface area contributed by atoms with E-state index in [1.165, 1.54) is 23.3 Å². The van der Waals surface area contributed by atoms with E-state index in [0.29, 0.717) is 17.9 Å². The number of benzene rings is 1. The summed E-state index contributed by atoms with van der Waals surface area (Å²) in [7, 11) is 1.33. The maximum Gasteiger partial charge on any atom is 0.326 e. The largest absolute Gasteiger partial charge is 0.468 e. The van der Waals surface area contributed by atoms with Crippen LogP contribution in [-0.2, 0) is 19.1 Å². The average molecular weight is 431 g/mol. The van der Waals surface area contributed by atoms with Gasteiger partial charge < -0.3 is 4.74 Å². The molecule has 2 fully saturated rings. The second kappa shape index (κ2) is 7.93. The highest BCUT2D eigenvalue weighted by Crippen LogP contribution is 2.52. The number of ether oxygens (including phenoxy) is 1. The van der Waals surface area contributed by atoms with Crippen molar-refractivity contribution < 1.29 is 19.1 Å². The van der Waals surface area contributed by atoms with Gasteiger partial charge >= 0.3 is 5.97 Å². The Labute approximate surface area is 177 Å². The summed E-state index contributed by atoms with van der Waals surface area (Å²) in [5.41, 5.74) is -0.696. The molecule has 4 atom stereocenters. The zero-order valence-electron chi connectivity index (χ0n) is 16.2. The third kappa shape index (κ3) is 3.10. The van der Waals surface area contributed by atoms with E-state index in [4.69, 9.17) is 4.74 Å². The molecule has 2 saturated heterocycles. The molecule has 0 bridgehead atoms. The molecule has 29 heavy (non-hydrogen) atoms. The maximum atomic E-state index is 13.6. The number of imide groups is 1. The Morgan fingerprint density at radius 3 is 2.59 bits per heavy atom. The Bertz CT molecular complexity index is 918. The molecule has 2 aliphatic rings. The number of nitrogens with zero attached hydrogens (tertiary/aromatic N) is 1. The Morgan fingerprint density at radius 1 is 1.21 bits per heavy atom. The molecule has 0 spiro atoms. The molecule has 2 amide bonds. The number of rotatable bonds is 6. The lowest BCUT2D eigenvalue weighted by Crippen LogP contribution is -2.56. The van der Waals surface area contributed by atoms with E-state index in [2.05, 4.69) is 5.32 Å². The van der Waals surface area contributed by atoms with E-state index in [0.717, 1.165) is 4.88 Å². The lowest BCUT2D eigenvalue weighted by molar-refractivity contribution is -0.152. The lowest BCUT2D eigenvalue weighted by atomic mass is 9.78. The smallest absolute Gasteiger partial charge is 0.326 e. The number of thioether (sulfide) groups is 1. The van der Waals surface area contributed by atoms with Gasteiger partial charge in [0.1, 0.15) is 5.54 Å². The first-order chi connectivity index (χ1) is 14.0. The number of carbonyl (C=O) groups is 3. The van der Waals surface area contributed by atoms with Crippen LogP contribution in [0.4, 0.5) is 5.69 Å². The van der Waals surface area contributed by atoms with Gasteiger partial charge in [0.05, 0.1) is 30.7 Å². The first-order valence-electron chi connectivity index (χ1n) is 9.36. The minimum absolute atomic E-state index is 0.271. The number of carbonyl (C=O) groups excluding carboxylic acids is 3. The average Bonchev–Trinajstić information content (AvgIpc) is 3.44. The molecule has 8 heteroatoms. The molecule has 152 valence electrons. The Hall–Kier alpha value is -2.16. The normalized spacial score (nSPS) is 28.6. The Balaban J connectivity index is 1.84. The van der Waals surface area contributed by atoms with Crippen LogP contribution in [0.1, 0.15) is 17.3 Å². The quantitative estimate of drug-likeness (QED) is 0.561. The Kier molecular flexibility index (Phi) is 5.50. The Morgan fingerprint density at radius 2 is 1.97 bits per heavy atom. The molecule has 1 aromatic heterocycles. The fraction of sp³-hybridized carbons (Fsp3) is 0.381. The molecule has 4 rings (SSSR count). The van der Waals surface area contributed by atoms with Crippen molar-refractivity contribution in [3.8, 4) is 0 Å². The van der Waals surface area contributed by atoms with Gasteiger partial charge in [-0.1, -0.05) is 24.3 Å². The van der Waals surface area contributed by atoms with Crippen LogP contribution in [0.15, 0.2) is 47.8 Å². The van der Waals surface area contributed by atoms with Gasteiger partial charge in [0.25, 0.3) is 0 Å². The number of thiophene rings is 1. The standard InChI is InChI=1S/C21H22N2O4S2/c1-27-20(26)21(10-12-28-2)16-15(17(22-21)14-9-6-11-29-14)18(24)23(19(16)25)13-7-4-3-5-8-13/h3-9,11,15-17,22H,10,12H2,1-2H3/t15-,16+,17-,21-/m1/s1. The molecule has 0 aliphatic carbocycles. The summed E-state index contributed by atoms with van der Waals surface area (Å²) in [5, 5.41) is 5.31. The van der Waals surface area contributed by atoms with Crippen molar-refractivity contribution >= 4 is 46.6 Å². The summed E-state index contributed by atoms with van der Waals surface area (Å²) in [6, 6.07) is 12.3. The number of anilines is 1. The summed E-state index contributed by atoms with van der Waals surface area (Å²) in [4.78, 5) is 42.3. The SMILES string of the molecule is COC(=O)[C@]1(CCSC)N[C@H](c2cccs2)[C@@H]2C(=O)N(c3ccccc3)C(=O)[C@H]21. The molecule has 1 aromatic carbocycles. The minimum atomic E-state index is -1.23. The van der Waals surface area contributed by atoms with Gasteiger partial charge in [0.2, 0.25) is 11.8 Å². The second-order valence-electron chi connectivity index (χ2n) is 7.19. The van der Waals surface area contributed by atoms with Crippen LogP contribution in [0.5, 0.6) is 0 Å². The number of hydrogen-bond donors (Lipinski definition) is 1. The van der Waals surface area contributed by atoms with Crippen molar-refractivity contribution in [3.63, 3.8) is 0 Å². The van der Waals surface area contributed by atoms with E-state index >= 15 is 0 Å². The van der Waals surface area contributed by atoms with E-state index in [1.54, 1.807) is 36.0 Å².